The molecule has 0 bridgehead atoms. The van der Waals surface area contributed by atoms with Gasteiger partial charge in [-0.3, -0.25) is 9.69 Å². The summed E-state index contributed by atoms with van der Waals surface area (Å²) in [5, 5.41) is 3.30. The molecule has 5 heteroatoms. The maximum atomic E-state index is 12.2. The summed E-state index contributed by atoms with van der Waals surface area (Å²) in [6.45, 7) is 7.03. The van der Waals surface area contributed by atoms with Gasteiger partial charge in [-0.05, 0) is 38.5 Å². The molecule has 2 aliphatic carbocycles. The fraction of sp³-hybridized carbons (Fsp3) is 0.933. The lowest BCUT2D eigenvalue weighted by Gasteiger charge is -2.31. The standard InChI is InChI=1S/C15H27N3O.ClH/c1-12(13-2-3-13)18(14-4-5-14)9-6-15(19)17-10-7-16-8-11-17;/h12-14,16H,2-11H2,1H3;1H. The Hall–Kier alpha value is -0.320. The first kappa shape index (κ1) is 16.1. The van der Waals surface area contributed by atoms with E-state index in [1.54, 1.807) is 0 Å². The van der Waals surface area contributed by atoms with Gasteiger partial charge in [0.2, 0.25) is 5.91 Å². The van der Waals surface area contributed by atoms with Crippen molar-refractivity contribution in [3.8, 4) is 0 Å². The van der Waals surface area contributed by atoms with Crippen molar-refractivity contribution in [2.24, 2.45) is 5.92 Å². The first-order valence-corrected chi connectivity index (χ1v) is 8.00. The fourth-order valence-corrected chi connectivity index (χ4v) is 3.27. The molecular formula is C15H28ClN3O. The molecule has 2 saturated carbocycles. The van der Waals surface area contributed by atoms with Crippen LogP contribution in [0.2, 0.25) is 0 Å². The number of hydrogen-bond donors (Lipinski definition) is 1. The molecule has 0 aromatic rings. The van der Waals surface area contributed by atoms with Crippen LogP contribution in [0.4, 0.5) is 0 Å². The molecule has 3 aliphatic rings. The molecule has 1 saturated heterocycles. The zero-order chi connectivity index (χ0) is 13.2. The second-order valence-electron chi connectivity index (χ2n) is 6.43. The average Bonchev–Trinajstić information content (AvgIpc) is 3.30. The number of piperazine rings is 1. The third-order valence-electron chi connectivity index (χ3n) is 4.90. The Labute approximate surface area is 128 Å². The summed E-state index contributed by atoms with van der Waals surface area (Å²) >= 11 is 0. The van der Waals surface area contributed by atoms with Gasteiger partial charge in [0.1, 0.15) is 0 Å². The van der Waals surface area contributed by atoms with Gasteiger partial charge in [0.15, 0.2) is 0 Å². The summed E-state index contributed by atoms with van der Waals surface area (Å²) in [6.07, 6.45) is 6.21. The number of nitrogens with zero attached hydrogens (tertiary/aromatic N) is 2. The Kier molecular flexibility index (Phi) is 5.70. The van der Waals surface area contributed by atoms with E-state index in [0.717, 1.165) is 44.7 Å². The van der Waals surface area contributed by atoms with Gasteiger partial charge < -0.3 is 10.2 Å². The van der Waals surface area contributed by atoms with E-state index < -0.39 is 0 Å². The lowest BCUT2D eigenvalue weighted by atomic mass is 10.1. The monoisotopic (exact) mass is 301 g/mol. The van der Waals surface area contributed by atoms with Crippen LogP contribution in [-0.4, -0.2) is 60.5 Å². The third kappa shape index (κ3) is 4.09. The van der Waals surface area contributed by atoms with Crippen LogP contribution < -0.4 is 5.32 Å². The van der Waals surface area contributed by atoms with Crippen molar-refractivity contribution < 1.29 is 4.79 Å². The highest BCUT2D eigenvalue weighted by Gasteiger charge is 2.39. The van der Waals surface area contributed by atoms with E-state index in [1.807, 2.05) is 4.90 Å². The molecule has 0 radical (unpaired) electrons. The highest BCUT2D eigenvalue weighted by Crippen LogP contribution is 2.39. The summed E-state index contributed by atoms with van der Waals surface area (Å²) < 4.78 is 0. The predicted octanol–water partition coefficient (Wildman–Crippen LogP) is 1.49. The molecule has 20 heavy (non-hydrogen) atoms. The number of carbonyl (C=O) groups is 1. The van der Waals surface area contributed by atoms with E-state index >= 15 is 0 Å². The van der Waals surface area contributed by atoms with Crippen LogP contribution in [0, 0.1) is 5.92 Å². The highest BCUT2D eigenvalue weighted by atomic mass is 35.5. The number of nitrogens with one attached hydrogen (secondary N) is 1. The second-order valence-corrected chi connectivity index (χ2v) is 6.43. The number of halogens is 1. The normalized spacial score (nSPS) is 24.4. The number of carbonyl (C=O) groups excluding carboxylic acids is 1. The molecule has 1 N–H and O–H groups in total. The Morgan fingerprint density at radius 2 is 1.90 bits per heavy atom. The quantitative estimate of drug-likeness (QED) is 0.807. The first-order valence-electron chi connectivity index (χ1n) is 8.00. The molecule has 0 spiro atoms. The van der Waals surface area contributed by atoms with Crippen molar-refractivity contribution in [2.45, 2.75) is 51.1 Å². The Balaban J connectivity index is 0.00000147. The van der Waals surface area contributed by atoms with Gasteiger partial charge in [0.05, 0.1) is 0 Å². The van der Waals surface area contributed by atoms with E-state index in [1.165, 1.54) is 25.7 Å². The van der Waals surface area contributed by atoms with Crippen molar-refractivity contribution in [3.63, 3.8) is 0 Å². The van der Waals surface area contributed by atoms with Gasteiger partial charge in [-0.2, -0.15) is 0 Å². The molecular weight excluding hydrogens is 274 g/mol. The summed E-state index contributed by atoms with van der Waals surface area (Å²) in [7, 11) is 0. The van der Waals surface area contributed by atoms with Crippen molar-refractivity contribution in [3.05, 3.63) is 0 Å². The molecule has 3 fully saturated rings. The van der Waals surface area contributed by atoms with E-state index in [9.17, 15) is 4.79 Å². The van der Waals surface area contributed by atoms with Gasteiger partial charge >= 0.3 is 0 Å². The van der Waals surface area contributed by atoms with Crippen LogP contribution in [0.25, 0.3) is 0 Å². The minimum Gasteiger partial charge on any atom is -0.340 e. The maximum absolute atomic E-state index is 12.2. The molecule has 1 unspecified atom stereocenters. The van der Waals surface area contributed by atoms with Crippen LogP contribution in [-0.2, 0) is 4.79 Å². The van der Waals surface area contributed by atoms with Crippen molar-refractivity contribution in [1.82, 2.24) is 15.1 Å². The van der Waals surface area contributed by atoms with Gasteiger partial charge in [0, 0.05) is 51.2 Å². The predicted molar refractivity (Wildman–Crippen MR) is 83.2 cm³/mol. The fourth-order valence-electron chi connectivity index (χ4n) is 3.27. The summed E-state index contributed by atoms with van der Waals surface area (Å²) in [5.74, 6) is 1.27. The largest absolute Gasteiger partial charge is 0.340 e. The van der Waals surface area contributed by atoms with Crippen molar-refractivity contribution in [1.29, 1.82) is 0 Å². The minimum absolute atomic E-state index is 0. The molecule has 3 rings (SSSR count). The maximum Gasteiger partial charge on any atom is 0.223 e. The van der Waals surface area contributed by atoms with Crippen molar-refractivity contribution in [2.75, 3.05) is 32.7 Å². The molecule has 4 nitrogen and oxygen atoms in total. The van der Waals surface area contributed by atoms with Gasteiger partial charge in [0.25, 0.3) is 0 Å². The lowest BCUT2D eigenvalue weighted by Crippen LogP contribution is -2.47. The molecule has 1 aliphatic heterocycles. The van der Waals surface area contributed by atoms with E-state index in [2.05, 4.69) is 17.1 Å². The zero-order valence-corrected chi connectivity index (χ0v) is 13.3. The molecule has 1 atom stereocenters. The number of hydrogen-bond acceptors (Lipinski definition) is 3. The second kappa shape index (κ2) is 7.10. The molecule has 1 amide bonds. The average molecular weight is 302 g/mol. The molecule has 0 aromatic carbocycles. The molecule has 1 heterocycles. The molecule has 0 aromatic heterocycles. The Morgan fingerprint density at radius 1 is 1.25 bits per heavy atom. The van der Waals surface area contributed by atoms with Crippen LogP contribution in [0.3, 0.4) is 0 Å². The summed E-state index contributed by atoms with van der Waals surface area (Å²) in [6, 6.07) is 1.48. The van der Waals surface area contributed by atoms with E-state index in [4.69, 9.17) is 0 Å². The van der Waals surface area contributed by atoms with Gasteiger partial charge in [-0.1, -0.05) is 0 Å². The van der Waals surface area contributed by atoms with Crippen LogP contribution >= 0.6 is 12.4 Å². The number of amides is 1. The molecule has 116 valence electrons. The van der Waals surface area contributed by atoms with E-state index in [-0.39, 0.29) is 12.4 Å². The van der Waals surface area contributed by atoms with Gasteiger partial charge in [-0.25, -0.2) is 0 Å². The third-order valence-corrected chi connectivity index (χ3v) is 4.90. The first-order chi connectivity index (χ1) is 9.25. The topological polar surface area (TPSA) is 35.6 Å². The summed E-state index contributed by atoms with van der Waals surface area (Å²) in [5.41, 5.74) is 0. The Morgan fingerprint density at radius 3 is 2.45 bits per heavy atom. The van der Waals surface area contributed by atoms with Gasteiger partial charge in [-0.15, -0.1) is 12.4 Å². The zero-order valence-electron chi connectivity index (χ0n) is 12.5. The van der Waals surface area contributed by atoms with Crippen LogP contribution in [0.1, 0.15) is 39.0 Å². The van der Waals surface area contributed by atoms with E-state index in [0.29, 0.717) is 18.4 Å². The minimum atomic E-state index is 0. The van der Waals surface area contributed by atoms with Crippen LogP contribution in [0.5, 0.6) is 0 Å². The SMILES string of the molecule is CC(C1CC1)N(CCC(=O)N1CCNCC1)C1CC1.Cl. The number of rotatable bonds is 6. The smallest absolute Gasteiger partial charge is 0.223 e. The highest BCUT2D eigenvalue weighted by molar-refractivity contribution is 5.85. The van der Waals surface area contributed by atoms with Crippen molar-refractivity contribution >= 4 is 18.3 Å². The Bertz CT molecular complexity index is 325. The lowest BCUT2D eigenvalue weighted by molar-refractivity contribution is -0.132. The van der Waals surface area contributed by atoms with Crippen LogP contribution in [0.15, 0.2) is 0 Å². The summed E-state index contributed by atoms with van der Waals surface area (Å²) in [4.78, 5) is 16.9.